The van der Waals surface area contributed by atoms with Gasteiger partial charge >= 0.3 is 0 Å². The minimum absolute atomic E-state index is 0.561. The molecule has 0 saturated carbocycles. The lowest BCUT2D eigenvalue weighted by Crippen LogP contribution is -2.74. The van der Waals surface area contributed by atoms with Crippen molar-refractivity contribution in [1.29, 1.82) is 0 Å². The van der Waals surface area contributed by atoms with E-state index in [1.807, 2.05) is 0 Å². The first-order valence-corrected chi connectivity index (χ1v) is 38.4. The molecular weight excluding hydrogens is 1340 g/mol. The summed E-state index contributed by atoms with van der Waals surface area (Å²) in [6.07, 6.45) is 0. The molecule has 0 aliphatic carbocycles. The van der Waals surface area contributed by atoms with Crippen molar-refractivity contribution in [3.05, 3.63) is 382 Å². The van der Waals surface area contributed by atoms with Gasteiger partial charge in [0, 0.05) is 65.0 Å². The maximum absolute atomic E-state index is 5.40. The molecule has 0 aliphatic heterocycles. The van der Waals surface area contributed by atoms with Crippen molar-refractivity contribution >= 4 is 138 Å². The van der Waals surface area contributed by atoms with E-state index in [1.165, 1.54) is 31.5 Å². The minimum Gasteiger partial charge on any atom is -0.309 e. The van der Waals surface area contributed by atoms with E-state index in [1.54, 1.807) is 0 Å². The summed E-state index contributed by atoms with van der Waals surface area (Å²) < 4.78 is 11.1. The SMILES string of the molecule is c1ccc(-n2c3ccccc3c3ccccc32)c(-c2nc(-n3c4ccccc4c4ccccc43)nc(-n3c4ccccc4c4ccccc43)n2)c1.c1ccc([Si](c2ccccc2)(c2ccccc2)c2cccc(-c3nc(-n4c5ccccc5c5ccccc54)nc(-n4c5ccccc5c5ccccc54)n3)c2)cc1. The largest absolute Gasteiger partial charge is 0.309 e. The molecule has 0 amide bonds. The molecule has 0 radical (unpaired) electrons. The Morgan fingerprint density at radius 3 is 0.704 bits per heavy atom. The number of nitrogens with zero attached hydrogens (tertiary/aromatic N) is 11. The molecule has 0 saturated heterocycles. The first-order valence-electron chi connectivity index (χ1n) is 36.4. The number of benzene rings is 15. The van der Waals surface area contributed by atoms with Crippen LogP contribution in [0.2, 0.25) is 0 Å². The summed E-state index contributed by atoms with van der Waals surface area (Å²) >= 11 is 0. The van der Waals surface area contributed by atoms with Crippen LogP contribution < -0.4 is 20.7 Å². The van der Waals surface area contributed by atoms with Gasteiger partial charge in [0.15, 0.2) is 19.7 Å². The average molecular weight is 1400 g/mol. The molecule has 12 heteroatoms. The summed E-state index contributed by atoms with van der Waals surface area (Å²) in [5, 5.41) is 16.8. The van der Waals surface area contributed by atoms with E-state index in [9.17, 15) is 0 Å². The average Bonchev–Trinajstić information content (AvgIpc) is 1.20. The highest BCUT2D eigenvalue weighted by Crippen LogP contribution is 2.40. The second-order valence-corrected chi connectivity index (χ2v) is 31.1. The fourth-order valence-electron chi connectivity index (χ4n) is 16.9. The van der Waals surface area contributed by atoms with E-state index in [-0.39, 0.29) is 0 Å². The van der Waals surface area contributed by atoms with Crippen LogP contribution in [-0.4, -0.2) is 60.8 Å². The Bertz CT molecular complexity index is 6650. The van der Waals surface area contributed by atoms with Crippen LogP contribution in [0.3, 0.4) is 0 Å². The lowest BCUT2D eigenvalue weighted by atomic mass is 10.1. The Balaban J connectivity index is 0.000000139. The first-order chi connectivity index (χ1) is 53.6. The molecule has 0 aliphatic rings. The topological polar surface area (TPSA) is 102 Å². The number of para-hydroxylation sites is 11. The molecule has 108 heavy (non-hydrogen) atoms. The third-order valence-corrected chi connectivity index (χ3v) is 26.3. The second kappa shape index (κ2) is 25.5. The third-order valence-electron chi connectivity index (χ3n) is 21.5. The summed E-state index contributed by atoms with van der Waals surface area (Å²) in [4.78, 5) is 32.2. The summed E-state index contributed by atoms with van der Waals surface area (Å²) in [6, 6.07) is 136. The van der Waals surface area contributed by atoms with Crippen LogP contribution >= 0.6 is 0 Å². The normalized spacial score (nSPS) is 11.9. The van der Waals surface area contributed by atoms with Crippen molar-refractivity contribution < 1.29 is 0 Å². The Morgan fingerprint density at radius 1 is 0.176 bits per heavy atom. The van der Waals surface area contributed by atoms with Gasteiger partial charge in [-0.05, 0) is 93.5 Å². The van der Waals surface area contributed by atoms with Gasteiger partial charge in [-0.25, -0.2) is 0 Å². The van der Waals surface area contributed by atoms with Crippen LogP contribution in [0.5, 0.6) is 0 Å². The van der Waals surface area contributed by atoms with Gasteiger partial charge in [-0.1, -0.05) is 309 Å². The maximum Gasteiger partial charge on any atom is 0.240 e. The quantitative estimate of drug-likeness (QED) is 0.0944. The van der Waals surface area contributed by atoms with Gasteiger partial charge in [-0.15, -0.1) is 0 Å². The maximum atomic E-state index is 5.40. The van der Waals surface area contributed by atoms with Gasteiger partial charge in [0.2, 0.25) is 23.8 Å². The van der Waals surface area contributed by atoms with Crippen molar-refractivity contribution in [3.8, 4) is 52.3 Å². The predicted octanol–water partition coefficient (Wildman–Crippen LogP) is 19.9. The molecule has 22 rings (SSSR count). The lowest BCUT2D eigenvalue weighted by Gasteiger charge is -2.34. The number of rotatable bonds is 11. The van der Waals surface area contributed by atoms with Crippen LogP contribution in [0.4, 0.5) is 0 Å². The van der Waals surface area contributed by atoms with Gasteiger partial charge in [-0.2, -0.15) is 29.9 Å². The predicted molar refractivity (Wildman–Crippen MR) is 446 cm³/mol. The highest BCUT2D eigenvalue weighted by atomic mass is 28.3. The van der Waals surface area contributed by atoms with Crippen molar-refractivity contribution in [1.82, 2.24) is 52.7 Å². The lowest BCUT2D eigenvalue weighted by molar-refractivity contribution is 0.891. The molecule has 0 fully saturated rings. The van der Waals surface area contributed by atoms with Gasteiger partial charge in [-0.3, -0.25) is 18.3 Å². The molecule has 0 bridgehead atoms. The van der Waals surface area contributed by atoms with Gasteiger partial charge < -0.3 is 4.57 Å². The van der Waals surface area contributed by atoms with E-state index < -0.39 is 8.07 Å². The summed E-state index contributed by atoms with van der Waals surface area (Å²) in [5.41, 5.74) is 13.4. The molecule has 0 unspecified atom stereocenters. The van der Waals surface area contributed by atoms with Crippen LogP contribution in [0, 0.1) is 0 Å². The van der Waals surface area contributed by atoms with Crippen LogP contribution in [0.25, 0.3) is 161 Å². The smallest absolute Gasteiger partial charge is 0.240 e. The Morgan fingerprint density at radius 2 is 0.407 bits per heavy atom. The number of aromatic nitrogens is 11. The molecule has 15 aromatic carbocycles. The Hall–Kier alpha value is -14.5. The Kier molecular flexibility index (Phi) is 14.6. The summed E-state index contributed by atoms with van der Waals surface area (Å²) in [6.45, 7) is 0. The molecule has 0 N–H and O–H groups in total. The number of hydrogen-bond acceptors (Lipinski definition) is 6. The molecule has 11 nitrogen and oxygen atoms in total. The van der Waals surface area contributed by atoms with E-state index in [4.69, 9.17) is 29.9 Å². The molecule has 22 aromatic rings. The molecule has 506 valence electrons. The standard InChI is InChI=1S/C51H35N5Si.C45H28N6/c1-4-20-37(21-5-1)57(38-22-6-2-7-23-38,39-24-8-3-9-25-39)40-26-18-19-36(35-40)49-52-50(55-45-31-14-10-27-41(45)42-28-11-15-32-46(42)55)54-51(53-49)56-47-33-16-12-29-43(47)44-30-13-17-34-48(44)56;1-8-22-36-29(15-1)30-16-2-9-23-37(30)49(36)42-28-14-7-21-35(42)43-46-44(50-38-24-10-3-17-31(38)32-18-4-11-25-39(32)50)48-45(47-43)51-40-26-12-5-19-33(40)34-20-6-13-27-41(34)51/h1-35H;1-28H. The number of hydrogen-bond donors (Lipinski definition) is 0. The fraction of sp³-hybridized carbons (Fsp3) is 0. The third kappa shape index (κ3) is 9.81. The van der Waals surface area contributed by atoms with Crippen LogP contribution in [0.1, 0.15) is 0 Å². The van der Waals surface area contributed by atoms with E-state index in [0.29, 0.717) is 35.4 Å². The zero-order valence-corrected chi connectivity index (χ0v) is 59.3. The van der Waals surface area contributed by atoms with E-state index >= 15 is 0 Å². The summed E-state index contributed by atoms with van der Waals surface area (Å²) in [7, 11) is -2.82. The molecule has 7 aromatic heterocycles. The fourth-order valence-corrected chi connectivity index (χ4v) is 21.7. The van der Waals surface area contributed by atoms with E-state index in [2.05, 4.69) is 405 Å². The van der Waals surface area contributed by atoms with Crippen molar-refractivity contribution in [3.63, 3.8) is 0 Å². The molecule has 0 spiro atoms. The Labute approximate surface area is 621 Å². The zero-order valence-electron chi connectivity index (χ0n) is 58.3. The molecule has 0 atom stereocenters. The highest BCUT2D eigenvalue weighted by Gasteiger charge is 2.42. The van der Waals surface area contributed by atoms with Gasteiger partial charge in [0.05, 0.1) is 60.9 Å². The first kappa shape index (κ1) is 62.1. The highest BCUT2D eigenvalue weighted by molar-refractivity contribution is 7.20. The zero-order chi connectivity index (χ0) is 71.2. The van der Waals surface area contributed by atoms with Crippen LogP contribution in [0.15, 0.2) is 382 Å². The van der Waals surface area contributed by atoms with Crippen molar-refractivity contribution in [2.75, 3.05) is 0 Å². The van der Waals surface area contributed by atoms with Crippen molar-refractivity contribution in [2.24, 2.45) is 0 Å². The summed E-state index contributed by atoms with van der Waals surface area (Å²) in [5.74, 6) is 3.46. The minimum atomic E-state index is -2.82. The molecular formula is C96H63N11Si. The van der Waals surface area contributed by atoms with Gasteiger partial charge in [0.1, 0.15) is 0 Å². The second-order valence-electron chi connectivity index (χ2n) is 27.3. The molecule has 7 heterocycles. The van der Waals surface area contributed by atoms with Crippen LogP contribution in [-0.2, 0) is 0 Å². The monoisotopic (exact) mass is 1400 g/mol. The van der Waals surface area contributed by atoms with Crippen molar-refractivity contribution in [2.45, 2.75) is 0 Å². The van der Waals surface area contributed by atoms with Gasteiger partial charge in [0.25, 0.3) is 0 Å². The van der Waals surface area contributed by atoms with E-state index in [0.717, 1.165) is 115 Å². The number of fused-ring (bicyclic) bond motifs is 15.